The molecular formula is C12H9BrF4O4. The van der Waals surface area contributed by atoms with Crippen LogP contribution in [0.1, 0.15) is 24.2 Å². The van der Waals surface area contributed by atoms with Gasteiger partial charge in [-0.25, -0.2) is 9.18 Å². The van der Waals surface area contributed by atoms with Gasteiger partial charge in [0.2, 0.25) is 5.79 Å². The molecule has 2 rings (SSSR count). The summed E-state index contributed by atoms with van der Waals surface area (Å²) in [6.07, 6.45) is -4.68. The van der Waals surface area contributed by atoms with E-state index in [1.807, 2.05) is 0 Å². The third-order valence-electron chi connectivity index (χ3n) is 2.41. The number of carbonyl (C=O) groups is 1. The number of rotatable bonds is 2. The molecule has 0 aromatic heterocycles. The van der Waals surface area contributed by atoms with E-state index >= 15 is 0 Å². The van der Waals surface area contributed by atoms with Crippen molar-refractivity contribution in [3.05, 3.63) is 21.9 Å². The summed E-state index contributed by atoms with van der Waals surface area (Å²) in [5.74, 6) is -4.48. The number of hydrogen-bond acceptors (Lipinski definition) is 4. The summed E-state index contributed by atoms with van der Waals surface area (Å²) in [6.45, 7) is 1.12. The fourth-order valence-corrected chi connectivity index (χ4v) is 2.19. The second-order valence-corrected chi connectivity index (χ2v) is 5.52. The predicted octanol–water partition coefficient (Wildman–Crippen LogP) is 3.81. The van der Waals surface area contributed by atoms with Crippen LogP contribution in [0.15, 0.2) is 10.5 Å². The first-order valence-corrected chi connectivity index (χ1v) is 6.43. The number of alkyl halides is 3. The normalized spacial score (nSPS) is 16.8. The molecule has 0 bridgehead atoms. The van der Waals surface area contributed by atoms with Crippen LogP contribution in [-0.4, -0.2) is 24.5 Å². The van der Waals surface area contributed by atoms with Gasteiger partial charge in [0.05, 0.1) is 4.47 Å². The minimum Gasteiger partial charge on any atom is -0.480 e. The molecule has 1 aliphatic heterocycles. The van der Waals surface area contributed by atoms with E-state index < -0.39 is 41.7 Å². The first kappa shape index (κ1) is 15.9. The van der Waals surface area contributed by atoms with Crippen LogP contribution in [0.3, 0.4) is 0 Å². The number of carbonyl (C=O) groups excluding carboxylic acids is 1. The Morgan fingerprint density at radius 1 is 1.33 bits per heavy atom. The number of fused-ring (bicyclic) bond motifs is 1. The van der Waals surface area contributed by atoms with E-state index in [0.717, 1.165) is 6.07 Å². The zero-order valence-electron chi connectivity index (χ0n) is 10.8. The van der Waals surface area contributed by atoms with Crippen molar-refractivity contribution in [1.29, 1.82) is 0 Å². The lowest BCUT2D eigenvalue weighted by Crippen LogP contribution is -2.39. The maximum absolute atomic E-state index is 13.8. The van der Waals surface area contributed by atoms with Crippen molar-refractivity contribution in [2.75, 3.05) is 6.61 Å². The number of cyclic esters (lactones) is 1. The summed E-state index contributed by atoms with van der Waals surface area (Å²) >= 11 is 2.99. The lowest BCUT2D eigenvalue weighted by molar-refractivity contribution is -0.155. The van der Waals surface area contributed by atoms with E-state index in [0.29, 0.717) is 0 Å². The molecule has 116 valence electrons. The SMILES string of the molecule is CC1(C)OC(=O)c2c(OCC(F)(F)F)c(F)cc(Br)c2O1. The average Bonchev–Trinajstić information content (AvgIpc) is 2.27. The van der Waals surface area contributed by atoms with Crippen LogP contribution in [0, 0.1) is 5.82 Å². The number of hydrogen-bond donors (Lipinski definition) is 0. The lowest BCUT2D eigenvalue weighted by Gasteiger charge is -2.33. The highest BCUT2D eigenvalue weighted by Crippen LogP contribution is 2.43. The number of esters is 1. The highest BCUT2D eigenvalue weighted by atomic mass is 79.9. The summed E-state index contributed by atoms with van der Waals surface area (Å²) in [5.41, 5.74) is -0.523. The Bertz CT molecular complexity index is 598. The van der Waals surface area contributed by atoms with Crippen LogP contribution in [0.2, 0.25) is 0 Å². The molecule has 0 amide bonds. The van der Waals surface area contributed by atoms with Crippen molar-refractivity contribution < 1.29 is 36.6 Å². The minimum absolute atomic E-state index is 0.0686. The Labute approximate surface area is 125 Å². The third-order valence-corrected chi connectivity index (χ3v) is 3.00. The molecule has 0 aliphatic carbocycles. The quantitative estimate of drug-likeness (QED) is 0.584. The highest BCUT2D eigenvalue weighted by molar-refractivity contribution is 9.10. The van der Waals surface area contributed by atoms with Gasteiger partial charge in [-0.2, -0.15) is 13.2 Å². The van der Waals surface area contributed by atoms with Gasteiger partial charge in [0.25, 0.3) is 0 Å². The maximum atomic E-state index is 13.8. The molecular weight excluding hydrogens is 364 g/mol. The van der Waals surface area contributed by atoms with Crippen LogP contribution in [0.5, 0.6) is 11.5 Å². The molecule has 1 aromatic rings. The van der Waals surface area contributed by atoms with Gasteiger partial charge in [-0.3, -0.25) is 0 Å². The molecule has 1 heterocycles. The molecule has 0 radical (unpaired) electrons. The number of ether oxygens (including phenoxy) is 3. The van der Waals surface area contributed by atoms with Gasteiger partial charge in [-0.15, -0.1) is 0 Å². The van der Waals surface area contributed by atoms with Crippen LogP contribution in [0.4, 0.5) is 17.6 Å². The molecule has 0 spiro atoms. The van der Waals surface area contributed by atoms with Gasteiger partial charge in [0, 0.05) is 13.8 Å². The smallest absolute Gasteiger partial charge is 0.422 e. The van der Waals surface area contributed by atoms with Gasteiger partial charge in [0.1, 0.15) is 5.56 Å². The third kappa shape index (κ3) is 3.39. The molecule has 4 nitrogen and oxygen atoms in total. The molecule has 9 heteroatoms. The summed E-state index contributed by atoms with van der Waals surface area (Å²) < 4.78 is 65.1. The molecule has 0 saturated heterocycles. The van der Waals surface area contributed by atoms with Crippen molar-refractivity contribution in [3.8, 4) is 11.5 Å². The van der Waals surface area contributed by atoms with Crippen LogP contribution >= 0.6 is 15.9 Å². The molecule has 0 saturated carbocycles. The van der Waals surface area contributed by atoms with Crippen molar-refractivity contribution in [3.63, 3.8) is 0 Å². The summed E-state index contributed by atoms with van der Waals surface area (Å²) in [5, 5.41) is 0. The summed E-state index contributed by atoms with van der Waals surface area (Å²) in [4.78, 5) is 11.9. The fraction of sp³-hybridized carbons (Fsp3) is 0.417. The minimum atomic E-state index is -4.68. The van der Waals surface area contributed by atoms with E-state index in [9.17, 15) is 22.4 Å². The lowest BCUT2D eigenvalue weighted by atomic mass is 10.1. The molecule has 0 atom stereocenters. The molecule has 0 fully saturated rings. The Morgan fingerprint density at radius 2 is 1.95 bits per heavy atom. The van der Waals surface area contributed by atoms with Crippen molar-refractivity contribution in [1.82, 2.24) is 0 Å². The monoisotopic (exact) mass is 372 g/mol. The van der Waals surface area contributed by atoms with Crippen molar-refractivity contribution >= 4 is 21.9 Å². The second kappa shape index (κ2) is 5.04. The van der Waals surface area contributed by atoms with Crippen molar-refractivity contribution in [2.45, 2.75) is 25.8 Å². The average molecular weight is 373 g/mol. The van der Waals surface area contributed by atoms with Crippen LogP contribution < -0.4 is 9.47 Å². The van der Waals surface area contributed by atoms with Gasteiger partial charge in [0.15, 0.2) is 23.9 Å². The first-order chi connectivity index (χ1) is 9.50. The number of halogens is 5. The Kier molecular flexibility index (Phi) is 3.81. The Balaban J connectivity index is 2.50. The fourth-order valence-electron chi connectivity index (χ4n) is 1.71. The molecule has 0 unspecified atom stereocenters. The summed E-state index contributed by atoms with van der Waals surface area (Å²) in [6, 6.07) is 0.860. The first-order valence-electron chi connectivity index (χ1n) is 5.64. The van der Waals surface area contributed by atoms with Gasteiger partial charge >= 0.3 is 12.1 Å². The standard InChI is InChI=1S/C12H9BrF4O4/c1-11(2)20-8-5(13)3-6(14)9(7(8)10(18)21-11)19-4-12(15,16)17/h3H,4H2,1-2H3. The van der Waals surface area contributed by atoms with E-state index in [4.69, 9.17) is 9.47 Å². The van der Waals surface area contributed by atoms with E-state index in [1.54, 1.807) is 0 Å². The zero-order chi connectivity index (χ0) is 16.0. The molecule has 0 N–H and O–H groups in total. The highest BCUT2D eigenvalue weighted by Gasteiger charge is 2.40. The topological polar surface area (TPSA) is 44.8 Å². The number of benzene rings is 1. The summed E-state index contributed by atoms with van der Waals surface area (Å²) in [7, 11) is 0. The Morgan fingerprint density at radius 3 is 2.52 bits per heavy atom. The van der Waals surface area contributed by atoms with Crippen LogP contribution in [0.25, 0.3) is 0 Å². The van der Waals surface area contributed by atoms with E-state index in [-0.39, 0.29) is 10.2 Å². The Hall–Kier alpha value is -1.51. The van der Waals surface area contributed by atoms with Gasteiger partial charge < -0.3 is 14.2 Å². The molecule has 1 aliphatic rings. The van der Waals surface area contributed by atoms with Gasteiger partial charge in [-0.05, 0) is 22.0 Å². The maximum Gasteiger partial charge on any atom is 0.422 e. The zero-order valence-corrected chi connectivity index (χ0v) is 12.4. The van der Waals surface area contributed by atoms with E-state index in [1.165, 1.54) is 13.8 Å². The molecule has 1 aromatic carbocycles. The molecule has 21 heavy (non-hydrogen) atoms. The van der Waals surface area contributed by atoms with E-state index in [2.05, 4.69) is 20.7 Å². The predicted molar refractivity (Wildman–Crippen MR) is 65.8 cm³/mol. The van der Waals surface area contributed by atoms with Crippen LogP contribution in [-0.2, 0) is 4.74 Å². The second-order valence-electron chi connectivity index (χ2n) is 4.67. The largest absolute Gasteiger partial charge is 0.480 e. The van der Waals surface area contributed by atoms with Crippen molar-refractivity contribution in [2.24, 2.45) is 0 Å². The van der Waals surface area contributed by atoms with Gasteiger partial charge in [-0.1, -0.05) is 0 Å².